The van der Waals surface area contributed by atoms with Crippen molar-refractivity contribution in [2.45, 2.75) is 26.3 Å². The zero-order valence-electron chi connectivity index (χ0n) is 9.63. The Morgan fingerprint density at radius 3 is 2.40 bits per heavy atom. The van der Waals surface area contributed by atoms with Crippen LogP contribution in [0.3, 0.4) is 0 Å². The number of para-hydroxylation sites is 1. The van der Waals surface area contributed by atoms with Gasteiger partial charge >= 0.3 is 0 Å². The predicted octanol–water partition coefficient (Wildman–Crippen LogP) is 2.39. The Bertz CT molecular complexity index is 318. The molecule has 0 aliphatic carbocycles. The Balaban J connectivity index is 2.88. The SMILES string of the molecule is CCN(CC(C)(C)N)c1ccccc1F. The van der Waals surface area contributed by atoms with Crippen molar-refractivity contribution in [3.05, 3.63) is 30.1 Å². The van der Waals surface area contributed by atoms with Crippen LogP contribution in [0.15, 0.2) is 24.3 Å². The molecule has 0 radical (unpaired) electrons. The molecule has 15 heavy (non-hydrogen) atoms. The third-order valence-electron chi connectivity index (χ3n) is 2.17. The van der Waals surface area contributed by atoms with Gasteiger partial charge in [0.2, 0.25) is 0 Å². The van der Waals surface area contributed by atoms with Gasteiger partial charge in [-0.1, -0.05) is 12.1 Å². The van der Waals surface area contributed by atoms with Crippen LogP contribution in [-0.2, 0) is 0 Å². The molecule has 1 rings (SSSR count). The number of anilines is 1. The van der Waals surface area contributed by atoms with Crippen molar-refractivity contribution >= 4 is 5.69 Å². The van der Waals surface area contributed by atoms with Gasteiger partial charge in [-0.2, -0.15) is 0 Å². The minimum Gasteiger partial charge on any atom is -0.368 e. The Hall–Kier alpha value is -1.09. The second kappa shape index (κ2) is 4.62. The first-order chi connectivity index (χ1) is 6.94. The summed E-state index contributed by atoms with van der Waals surface area (Å²) in [6.07, 6.45) is 0. The summed E-state index contributed by atoms with van der Waals surface area (Å²) >= 11 is 0. The lowest BCUT2D eigenvalue weighted by atomic mass is 10.1. The highest BCUT2D eigenvalue weighted by atomic mass is 19.1. The topological polar surface area (TPSA) is 29.3 Å². The molecule has 0 aliphatic heterocycles. The van der Waals surface area contributed by atoms with E-state index in [1.54, 1.807) is 12.1 Å². The number of likely N-dealkylation sites (N-methyl/N-ethyl adjacent to an activating group) is 1. The fourth-order valence-electron chi connectivity index (χ4n) is 1.57. The van der Waals surface area contributed by atoms with E-state index in [-0.39, 0.29) is 11.4 Å². The number of nitrogens with two attached hydrogens (primary N) is 1. The average Bonchev–Trinajstić information content (AvgIpc) is 2.14. The molecule has 0 fully saturated rings. The summed E-state index contributed by atoms with van der Waals surface area (Å²) in [5.74, 6) is -0.191. The van der Waals surface area contributed by atoms with Crippen molar-refractivity contribution in [1.29, 1.82) is 0 Å². The summed E-state index contributed by atoms with van der Waals surface area (Å²) in [5, 5.41) is 0. The Morgan fingerprint density at radius 1 is 1.33 bits per heavy atom. The van der Waals surface area contributed by atoms with Crippen molar-refractivity contribution < 1.29 is 4.39 Å². The third kappa shape index (κ3) is 3.51. The van der Waals surface area contributed by atoms with E-state index >= 15 is 0 Å². The van der Waals surface area contributed by atoms with Gasteiger partial charge in [0, 0.05) is 18.6 Å². The maximum absolute atomic E-state index is 13.5. The lowest BCUT2D eigenvalue weighted by Gasteiger charge is -2.30. The number of nitrogens with zero attached hydrogens (tertiary/aromatic N) is 1. The largest absolute Gasteiger partial charge is 0.368 e. The lowest BCUT2D eigenvalue weighted by Crippen LogP contribution is -2.45. The van der Waals surface area contributed by atoms with Gasteiger partial charge in [0.05, 0.1) is 5.69 Å². The minimum absolute atomic E-state index is 0.191. The molecule has 0 saturated heterocycles. The molecule has 0 heterocycles. The summed E-state index contributed by atoms with van der Waals surface area (Å²) in [4.78, 5) is 1.95. The fraction of sp³-hybridized carbons (Fsp3) is 0.500. The number of hydrogen-bond donors (Lipinski definition) is 1. The minimum atomic E-state index is -0.321. The quantitative estimate of drug-likeness (QED) is 0.826. The van der Waals surface area contributed by atoms with Crippen LogP contribution in [0.5, 0.6) is 0 Å². The highest BCUT2D eigenvalue weighted by Gasteiger charge is 2.17. The normalized spacial score (nSPS) is 11.5. The highest BCUT2D eigenvalue weighted by Crippen LogP contribution is 2.19. The fourth-order valence-corrected chi connectivity index (χ4v) is 1.57. The lowest BCUT2D eigenvalue weighted by molar-refractivity contribution is 0.503. The van der Waals surface area contributed by atoms with Gasteiger partial charge < -0.3 is 10.6 Å². The number of benzene rings is 1. The molecule has 0 aromatic heterocycles. The van der Waals surface area contributed by atoms with Crippen molar-refractivity contribution in [1.82, 2.24) is 0 Å². The predicted molar refractivity (Wildman–Crippen MR) is 62.6 cm³/mol. The molecule has 84 valence electrons. The molecule has 0 amide bonds. The van der Waals surface area contributed by atoms with Crippen LogP contribution in [0.2, 0.25) is 0 Å². The van der Waals surface area contributed by atoms with Crippen LogP contribution in [0.25, 0.3) is 0 Å². The van der Waals surface area contributed by atoms with E-state index in [2.05, 4.69) is 0 Å². The zero-order chi connectivity index (χ0) is 11.5. The molecule has 0 bridgehead atoms. The van der Waals surface area contributed by atoms with Crippen LogP contribution in [0.1, 0.15) is 20.8 Å². The van der Waals surface area contributed by atoms with Crippen molar-refractivity contribution in [3.8, 4) is 0 Å². The molecule has 2 nitrogen and oxygen atoms in total. The van der Waals surface area contributed by atoms with E-state index in [9.17, 15) is 4.39 Å². The van der Waals surface area contributed by atoms with Gasteiger partial charge in [0.15, 0.2) is 0 Å². The first-order valence-corrected chi connectivity index (χ1v) is 5.22. The third-order valence-corrected chi connectivity index (χ3v) is 2.17. The van der Waals surface area contributed by atoms with Gasteiger partial charge in [-0.3, -0.25) is 0 Å². The molecule has 1 aromatic carbocycles. The average molecular weight is 210 g/mol. The molecule has 0 unspecified atom stereocenters. The molecule has 1 aromatic rings. The summed E-state index contributed by atoms with van der Waals surface area (Å²) in [7, 11) is 0. The number of hydrogen-bond acceptors (Lipinski definition) is 2. The van der Waals surface area contributed by atoms with Crippen LogP contribution in [0, 0.1) is 5.82 Å². The number of rotatable bonds is 4. The Morgan fingerprint density at radius 2 is 1.93 bits per heavy atom. The number of halogens is 1. The van der Waals surface area contributed by atoms with Gasteiger partial charge in [0.1, 0.15) is 5.82 Å². The standard InChI is InChI=1S/C12H19FN2/c1-4-15(9-12(2,3)14)11-8-6-5-7-10(11)13/h5-8H,4,9,14H2,1-3H3. The highest BCUT2D eigenvalue weighted by molar-refractivity contribution is 5.47. The smallest absolute Gasteiger partial charge is 0.146 e. The second-order valence-corrected chi connectivity index (χ2v) is 4.45. The van der Waals surface area contributed by atoms with Crippen LogP contribution in [-0.4, -0.2) is 18.6 Å². The molecule has 0 spiro atoms. The van der Waals surface area contributed by atoms with E-state index in [1.165, 1.54) is 6.07 Å². The van der Waals surface area contributed by atoms with Crippen molar-refractivity contribution in [3.63, 3.8) is 0 Å². The van der Waals surface area contributed by atoms with E-state index in [0.29, 0.717) is 12.2 Å². The first kappa shape index (κ1) is 12.0. The Labute approximate surface area is 90.9 Å². The molecular weight excluding hydrogens is 191 g/mol. The van der Waals surface area contributed by atoms with E-state index < -0.39 is 0 Å². The van der Waals surface area contributed by atoms with E-state index in [0.717, 1.165) is 6.54 Å². The van der Waals surface area contributed by atoms with Crippen LogP contribution >= 0.6 is 0 Å². The van der Waals surface area contributed by atoms with Crippen LogP contribution in [0.4, 0.5) is 10.1 Å². The van der Waals surface area contributed by atoms with Gasteiger partial charge in [-0.15, -0.1) is 0 Å². The van der Waals surface area contributed by atoms with Gasteiger partial charge in [0.25, 0.3) is 0 Å². The summed E-state index contributed by atoms with van der Waals surface area (Å²) in [6, 6.07) is 6.79. The molecule has 2 N–H and O–H groups in total. The molecule has 0 atom stereocenters. The monoisotopic (exact) mass is 210 g/mol. The van der Waals surface area contributed by atoms with E-state index in [1.807, 2.05) is 31.7 Å². The zero-order valence-corrected chi connectivity index (χ0v) is 9.63. The molecule has 0 saturated carbocycles. The summed E-state index contributed by atoms with van der Waals surface area (Å²) < 4.78 is 13.5. The van der Waals surface area contributed by atoms with Gasteiger partial charge in [-0.25, -0.2) is 4.39 Å². The van der Waals surface area contributed by atoms with E-state index in [4.69, 9.17) is 5.73 Å². The van der Waals surface area contributed by atoms with Crippen molar-refractivity contribution in [2.24, 2.45) is 5.73 Å². The maximum Gasteiger partial charge on any atom is 0.146 e. The maximum atomic E-state index is 13.5. The molecule has 3 heteroatoms. The summed E-state index contributed by atoms with van der Waals surface area (Å²) in [6.45, 7) is 7.27. The van der Waals surface area contributed by atoms with Crippen molar-refractivity contribution in [2.75, 3.05) is 18.0 Å². The Kier molecular flexibility index (Phi) is 3.69. The summed E-state index contributed by atoms with van der Waals surface area (Å²) in [5.41, 5.74) is 6.24. The second-order valence-electron chi connectivity index (χ2n) is 4.45. The molecule has 0 aliphatic rings. The van der Waals surface area contributed by atoms with Crippen LogP contribution < -0.4 is 10.6 Å². The first-order valence-electron chi connectivity index (χ1n) is 5.22. The van der Waals surface area contributed by atoms with Gasteiger partial charge in [-0.05, 0) is 32.9 Å². The molecular formula is C12H19FN2.